The standard InChI is InChI=1S/C63H42/c1-5-17-43(18-6-1)46-29-35-51(36-30-46)63(59-41-49(44-19-7-2-8-20-44)33-39-53(59)54-40-34-50(42-60(54)63)45-21-9-3-10-22-45)52-37-31-48(32-38-52)62-57-27-15-13-25-55(57)61(47-23-11-4-12-24-47)56-26-14-16-28-58(56)62/h1-42H. The average Bonchev–Trinajstić information content (AvgIpc) is 3.66. The quantitative estimate of drug-likeness (QED) is 0.141. The van der Waals surface area contributed by atoms with Crippen molar-refractivity contribution in [3.05, 3.63) is 277 Å². The van der Waals surface area contributed by atoms with E-state index in [-0.39, 0.29) is 0 Å². The van der Waals surface area contributed by atoms with Gasteiger partial charge in [-0.2, -0.15) is 0 Å². The molecule has 0 unspecified atom stereocenters. The number of rotatable bonds is 7. The SMILES string of the molecule is c1ccc(-c2ccc(C3(c4ccc(-c5c6ccccc6c(-c6ccccc6)c6ccccc56)cc4)c4cc(-c5ccccc5)ccc4-c4ccc(-c5ccccc5)cc43)cc2)cc1. The number of hydrogen-bond acceptors (Lipinski definition) is 0. The Labute approximate surface area is 369 Å². The van der Waals surface area contributed by atoms with E-state index in [2.05, 4.69) is 255 Å². The van der Waals surface area contributed by atoms with E-state index < -0.39 is 5.41 Å². The van der Waals surface area contributed by atoms with Crippen LogP contribution in [0.1, 0.15) is 22.3 Å². The van der Waals surface area contributed by atoms with Crippen LogP contribution in [0.5, 0.6) is 0 Å². The van der Waals surface area contributed by atoms with Crippen LogP contribution in [0, 0.1) is 0 Å². The Morgan fingerprint density at radius 3 is 0.857 bits per heavy atom. The van der Waals surface area contributed by atoms with Crippen molar-refractivity contribution in [1.82, 2.24) is 0 Å². The highest BCUT2D eigenvalue weighted by atomic mass is 14.5. The van der Waals surface area contributed by atoms with Gasteiger partial charge in [-0.15, -0.1) is 0 Å². The molecule has 0 heteroatoms. The van der Waals surface area contributed by atoms with Gasteiger partial charge in [0.2, 0.25) is 0 Å². The van der Waals surface area contributed by atoms with Crippen molar-refractivity contribution in [2.75, 3.05) is 0 Å². The summed E-state index contributed by atoms with van der Waals surface area (Å²) in [6, 6.07) is 94.3. The molecule has 0 atom stereocenters. The minimum Gasteiger partial charge on any atom is -0.0622 e. The van der Waals surface area contributed by atoms with Crippen LogP contribution in [-0.4, -0.2) is 0 Å². The summed E-state index contributed by atoms with van der Waals surface area (Å²) in [6.07, 6.45) is 0. The molecule has 0 saturated carbocycles. The van der Waals surface area contributed by atoms with Gasteiger partial charge in [0, 0.05) is 0 Å². The molecule has 294 valence electrons. The Kier molecular flexibility index (Phi) is 8.83. The molecule has 0 radical (unpaired) electrons. The van der Waals surface area contributed by atoms with E-state index >= 15 is 0 Å². The van der Waals surface area contributed by atoms with Crippen LogP contribution in [0.25, 0.3) is 88.3 Å². The van der Waals surface area contributed by atoms with Crippen molar-refractivity contribution in [2.45, 2.75) is 5.41 Å². The fourth-order valence-corrected chi connectivity index (χ4v) is 10.5. The third-order valence-electron chi connectivity index (χ3n) is 13.4. The summed E-state index contributed by atoms with van der Waals surface area (Å²) in [5.74, 6) is 0. The van der Waals surface area contributed by atoms with Gasteiger partial charge in [-0.25, -0.2) is 0 Å². The van der Waals surface area contributed by atoms with Crippen LogP contribution in [-0.2, 0) is 5.41 Å². The lowest BCUT2D eigenvalue weighted by molar-refractivity contribution is 0.769. The third kappa shape index (κ3) is 5.98. The number of fused-ring (bicyclic) bond motifs is 5. The van der Waals surface area contributed by atoms with Crippen LogP contribution in [0.15, 0.2) is 255 Å². The first kappa shape index (κ1) is 36.8. The average molecular weight is 799 g/mol. The molecule has 0 bridgehead atoms. The minimum absolute atomic E-state index is 0.616. The number of benzene rings is 11. The first-order valence-electron chi connectivity index (χ1n) is 21.9. The van der Waals surface area contributed by atoms with Crippen molar-refractivity contribution in [3.8, 4) is 66.8 Å². The van der Waals surface area contributed by atoms with E-state index in [1.807, 2.05) is 0 Å². The molecule has 0 aromatic heterocycles. The molecule has 0 nitrogen and oxygen atoms in total. The molecule has 0 amide bonds. The van der Waals surface area contributed by atoms with Crippen LogP contribution < -0.4 is 0 Å². The Balaban J connectivity index is 1.13. The van der Waals surface area contributed by atoms with Crippen molar-refractivity contribution in [1.29, 1.82) is 0 Å². The summed E-state index contributed by atoms with van der Waals surface area (Å²) in [6.45, 7) is 0. The van der Waals surface area contributed by atoms with E-state index in [0.29, 0.717) is 0 Å². The zero-order valence-corrected chi connectivity index (χ0v) is 34.7. The van der Waals surface area contributed by atoms with Crippen molar-refractivity contribution >= 4 is 21.5 Å². The lowest BCUT2D eigenvalue weighted by Gasteiger charge is -2.35. The maximum atomic E-state index is 2.47. The molecule has 12 rings (SSSR count). The minimum atomic E-state index is -0.616. The molecule has 0 N–H and O–H groups in total. The van der Waals surface area contributed by atoms with E-state index in [0.717, 1.165) is 0 Å². The summed E-state index contributed by atoms with van der Waals surface area (Å²) in [7, 11) is 0. The molecular weight excluding hydrogens is 757 g/mol. The lowest BCUT2D eigenvalue weighted by atomic mass is 9.66. The molecule has 0 fully saturated rings. The molecule has 0 saturated heterocycles. The van der Waals surface area contributed by atoms with Crippen molar-refractivity contribution in [2.24, 2.45) is 0 Å². The molecule has 0 heterocycles. The second-order valence-electron chi connectivity index (χ2n) is 16.7. The Bertz CT molecular complexity index is 3290. The summed E-state index contributed by atoms with van der Waals surface area (Å²) in [4.78, 5) is 0. The maximum absolute atomic E-state index is 2.47. The molecule has 11 aromatic rings. The zero-order valence-electron chi connectivity index (χ0n) is 34.7. The second-order valence-corrected chi connectivity index (χ2v) is 16.7. The largest absolute Gasteiger partial charge is 0.0714 e. The van der Waals surface area contributed by atoms with Gasteiger partial charge in [0.1, 0.15) is 0 Å². The van der Waals surface area contributed by atoms with Gasteiger partial charge in [0.05, 0.1) is 5.41 Å². The summed E-state index contributed by atoms with van der Waals surface area (Å²) < 4.78 is 0. The van der Waals surface area contributed by atoms with Gasteiger partial charge < -0.3 is 0 Å². The monoisotopic (exact) mass is 798 g/mol. The highest BCUT2D eigenvalue weighted by molar-refractivity contribution is 6.21. The molecule has 1 aliphatic rings. The summed E-state index contributed by atoms with van der Waals surface area (Å²) >= 11 is 0. The summed E-state index contributed by atoms with van der Waals surface area (Å²) in [5.41, 5.74) is 19.3. The van der Waals surface area contributed by atoms with E-state index in [9.17, 15) is 0 Å². The Morgan fingerprint density at radius 1 is 0.206 bits per heavy atom. The van der Waals surface area contributed by atoms with E-state index in [4.69, 9.17) is 0 Å². The molecule has 11 aromatic carbocycles. The fraction of sp³-hybridized carbons (Fsp3) is 0.0159. The zero-order chi connectivity index (χ0) is 41.7. The van der Waals surface area contributed by atoms with Gasteiger partial charge in [0.25, 0.3) is 0 Å². The highest BCUT2D eigenvalue weighted by Crippen LogP contribution is 2.58. The first-order chi connectivity index (χ1) is 31.3. The highest BCUT2D eigenvalue weighted by Gasteiger charge is 2.46. The predicted molar refractivity (Wildman–Crippen MR) is 266 cm³/mol. The molecule has 63 heavy (non-hydrogen) atoms. The van der Waals surface area contributed by atoms with Crippen LogP contribution >= 0.6 is 0 Å². The maximum Gasteiger partial charge on any atom is 0.0714 e. The van der Waals surface area contributed by atoms with Gasteiger partial charge in [-0.3, -0.25) is 0 Å². The second kappa shape index (κ2) is 15.1. The van der Waals surface area contributed by atoms with Gasteiger partial charge >= 0.3 is 0 Å². The summed E-state index contributed by atoms with van der Waals surface area (Å²) in [5, 5.41) is 5.03. The van der Waals surface area contributed by atoms with Gasteiger partial charge in [0.15, 0.2) is 0 Å². The normalized spacial score (nSPS) is 12.6. The van der Waals surface area contributed by atoms with E-state index in [1.165, 1.54) is 111 Å². The van der Waals surface area contributed by atoms with Crippen LogP contribution in [0.2, 0.25) is 0 Å². The van der Waals surface area contributed by atoms with Crippen molar-refractivity contribution < 1.29 is 0 Å². The smallest absolute Gasteiger partial charge is 0.0622 e. The third-order valence-corrected chi connectivity index (χ3v) is 13.4. The van der Waals surface area contributed by atoms with E-state index in [1.54, 1.807) is 0 Å². The first-order valence-corrected chi connectivity index (χ1v) is 21.9. The molecule has 1 aliphatic carbocycles. The van der Waals surface area contributed by atoms with Crippen LogP contribution in [0.3, 0.4) is 0 Å². The van der Waals surface area contributed by atoms with Crippen molar-refractivity contribution in [3.63, 3.8) is 0 Å². The predicted octanol–water partition coefficient (Wildman–Crippen LogP) is 16.7. The fourth-order valence-electron chi connectivity index (χ4n) is 10.5. The van der Waals surface area contributed by atoms with Crippen LogP contribution in [0.4, 0.5) is 0 Å². The Morgan fingerprint density at radius 2 is 0.476 bits per heavy atom. The number of hydrogen-bond donors (Lipinski definition) is 0. The van der Waals surface area contributed by atoms with Gasteiger partial charge in [-0.1, -0.05) is 243 Å². The lowest BCUT2D eigenvalue weighted by Crippen LogP contribution is -2.28. The molecule has 0 spiro atoms. The topological polar surface area (TPSA) is 0 Å². The molecular formula is C63H42. The molecule has 0 aliphatic heterocycles. The Hall–Kier alpha value is -8.06. The van der Waals surface area contributed by atoms with Gasteiger partial charge in [-0.05, 0) is 123 Å².